The van der Waals surface area contributed by atoms with E-state index in [0.29, 0.717) is 12.6 Å². The molecule has 21 heavy (non-hydrogen) atoms. The van der Waals surface area contributed by atoms with Crippen LogP contribution in [0.3, 0.4) is 0 Å². The lowest BCUT2D eigenvalue weighted by atomic mass is 9.97. The fourth-order valence-corrected chi connectivity index (χ4v) is 2.90. The molecule has 0 bridgehead atoms. The summed E-state index contributed by atoms with van der Waals surface area (Å²) in [4.78, 5) is 12.0. The van der Waals surface area contributed by atoms with E-state index in [-0.39, 0.29) is 12.6 Å². The molecule has 0 aromatic heterocycles. The SMILES string of the molecule is O=C(NCc1ccccc1CO)NC1CCCCCCC1. The first-order valence-electron chi connectivity index (χ1n) is 8.01. The normalized spacial score (nSPS) is 16.8. The maximum atomic E-state index is 12.0. The molecule has 3 N–H and O–H groups in total. The van der Waals surface area contributed by atoms with Gasteiger partial charge >= 0.3 is 6.03 Å². The second-order valence-corrected chi connectivity index (χ2v) is 5.80. The zero-order chi connectivity index (χ0) is 14.9. The van der Waals surface area contributed by atoms with Crippen LogP contribution in [0.1, 0.15) is 56.1 Å². The number of hydrogen-bond donors (Lipinski definition) is 3. The molecule has 4 heteroatoms. The van der Waals surface area contributed by atoms with E-state index in [1.54, 1.807) is 0 Å². The van der Waals surface area contributed by atoms with Crippen molar-refractivity contribution in [3.8, 4) is 0 Å². The predicted octanol–water partition coefficient (Wildman–Crippen LogP) is 3.09. The molecular formula is C17H26N2O2. The first-order chi connectivity index (χ1) is 10.3. The van der Waals surface area contributed by atoms with Gasteiger partial charge in [-0.05, 0) is 24.0 Å². The van der Waals surface area contributed by atoms with Crippen LogP contribution in [0, 0.1) is 0 Å². The van der Waals surface area contributed by atoms with Crippen molar-refractivity contribution in [2.75, 3.05) is 0 Å². The van der Waals surface area contributed by atoms with Crippen molar-refractivity contribution >= 4 is 6.03 Å². The van der Waals surface area contributed by atoms with E-state index in [0.717, 1.165) is 24.0 Å². The molecule has 0 aliphatic heterocycles. The Hall–Kier alpha value is -1.55. The lowest BCUT2D eigenvalue weighted by molar-refractivity contribution is 0.233. The fraction of sp³-hybridized carbons (Fsp3) is 0.588. The van der Waals surface area contributed by atoms with Crippen LogP contribution in [-0.2, 0) is 13.2 Å². The van der Waals surface area contributed by atoms with E-state index in [4.69, 9.17) is 0 Å². The topological polar surface area (TPSA) is 61.4 Å². The van der Waals surface area contributed by atoms with Gasteiger partial charge in [0.05, 0.1) is 6.61 Å². The Labute approximate surface area is 126 Å². The Morgan fingerprint density at radius 2 is 1.67 bits per heavy atom. The van der Waals surface area contributed by atoms with Crippen LogP contribution in [0.15, 0.2) is 24.3 Å². The van der Waals surface area contributed by atoms with Crippen molar-refractivity contribution in [2.24, 2.45) is 0 Å². The summed E-state index contributed by atoms with van der Waals surface area (Å²) in [7, 11) is 0. The smallest absolute Gasteiger partial charge is 0.315 e. The molecule has 1 aromatic rings. The molecular weight excluding hydrogens is 264 g/mol. The molecule has 1 aromatic carbocycles. The summed E-state index contributed by atoms with van der Waals surface area (Å²) in [6.07, 6.45) is 8.47. The van der Waals surface area contributed by atoms with E-state index in [9.17, 15) is 9.90 Å². The Morgan fingerprint density at radius 1 is 1.05 bits per heavy atom. The average Bonchev–Trinajstić information content (AvgIpc) is 2.48. The molecule has 1 saturated carbocycles. The standard InChI is InChI=1S/C17H26N2O2/c20-13-15-9-7-6-8-14(15)12-18-17(21)19-16-10-4-2-1-3-5-11-16/h6-9,16,20H,1-5,10-13H2,(H2,18,19,21). The minimum atomic E-state index is -0.103. The number of carbonyl (C=O) groups excluding carboxylic acids is 1. The Bertz CT molecular complexity index is 440. The molecule has 116 valence electrons. The zero-order valence-electron chi connectivity index (χ0n) is 12.6. The molecule has 0 spiro atoms. The number of benzene rings is 1. The molecule has 2 amide bonds. The molecule has 0 unspecified atom stereocenters. The second kappa shape index (κ2) is 8.67. The number of rotatable bonds is 4. The van der Waals surface area contributed by atoms with Gasteiger partial charge < -0.3 is 15.7 Å². The van der Waals surface area contributed by atoms with Crippen LogP contribution >= 0.6 is 0 Å². The maximum absolute atomic E-state index is 12.0. The van der Waals surface area contributed by atoms with Crippen molar-refractivity contribution in [2.45, 2.75) is 64.1 Å². The van der Waals surface area contributed by atoms with E-state index < -0.39 is 0 Å². The maximum Gasteiger partial charge on any atom is 0.315 e. The van der Waals surface area contributed by atoms with Crippen LogP contribution in [0.2, 0.25) is 0 Å². The Balaban J connectivity index is 1.78. The molecule has 0 heterocycles. The molecule has 1 fully saturated rings. The summed E-state index contributed by atoms with van der Waals surface area (Å²) in [5.74, 6) is 0. The Kier molecular flexibility index (Phi) is 6.54. The molecule has 0 radical (unpaired) electrons. The first kappa shape index (κ1) is 15.8. The summed E-state index contributed by atoms with van der Waals surface area (Å²) >= 11 is 0. The van der Waals surface area contributed by atoms with Gasteiger partial charge in [-0.2, -0.15) is 0 Å². The van der Waals surface area contributed by atoms with Crippen LogP contribution in [-0.4, -0.2) is 17.2 Å². The first-order valence-corrected chi connectivity index (χ1v) is 8.01. The second-order valence-electron chi connectivity index (χ2n) is 5.80. The van der Waals surface area contributed by atoms with E-state index in [1.807, 2.05) is 24.3 Å². The number of aliphatic hydroxyl groups is 1. The highest BCUT2D eigenvalue weighted by molar-refractivity contribution is 5.74. The monoisotopic (exact) mass is 290 g/mol. The molecule has 4 nitrogen and oxygen atoms in total. The summed E-state index contributed by atoms with van der Waals surface area (Å²) in [6, 6.07) is 7.82. The number of hydrogen-bond acceptors (Lipinski definition) is 2. The van der Waals surface area contributed by atoms with Gasteiger partial charge in [-0.15, -0.1) is 0 Å². The van der Waals surface area contributed by atoms with Crippen molar-refractivity contribution in [1.29, 1.82) is 0 Å². The van der Waals surface area contributed by atoms with Crippen molar-refractivity contribution in [3.05, 3.63) is 35.4 Å². The highest BCUT2D eigenvalue weighted by atomic mass is 16.3. The van der Waals surface area contributed by atoms with Crippen LogP contribution < -0.4 is 10.6 Å². The number of nitrogens with one attached hydrogen (secondary N) is 2. The van der Waals surface area contributed by atoms with Crippen LogP contribution in [0.4, 0.5) is 4.79 Å². The largest absolute Gasteiger partial charge is 0.392 e. The quantitative estimate of drug-likeness (QED) is 0.798. The summed E-state index contributed by atoms with van der Waals surface area (Å²) in [6.45, 7) is 0.456. The molecule has 1 aliphatic carbocycles. The number of carbonyl (C=O) groups is 1. The summed E-state index contributed by atoms with van der Waals surface area (Å²) in [5, 5.41) is 15.3. The molecule has 0 atom stereocenters. The summed E-state index contributed by atoms with van der Waals surface area (Å²) in [5.41, 5.74) is 1.83. The number of amides is 2. The fourth-order valence-electron chi connectivity index (χ4n) is 2.90. The lowest BCUT2D eigenvalue weighted by Crippen LogP contribution is -2.42. The third kappa shape index (κ3) is 5.38. The van der Waals surface area contributed by atoms with E-state index in [1.165, 1.54) is 32.1 Å². The number of aliphatic hydroxyl groups excluding tert-OH is 1. The van der Waals surface area contributed by atoms with E-state index >= 15 is 0 Å². The predicted molar refractivity (Wildman–Crippen MR) is 83.8 cm³/mol. The molecule has 0 saturated heterocycles. The molecule has 2 rings (SSSR count). The van der Waals surface area contributed by atoms with Gasteiger partial charge in [-0.1, -0.05) is 56.4 Å². The summed E-state index contributed by atoms with van der Waals surface area (Å²) < 4.78 is 0. The highest BCUT2D eigenvalue weighted by Gasteiger charge is 2.13. The Morgan fingerprint density at radius 3 is 2.33 bits per heavy atom. The van der Waals surface area contributed by atoms with Crippen LogP contribution in [0.25, 0.3) is 0 Å². The van der Waals surface area contributed by atoms with Crippen LogP contribution in [0.5, 0.6) is 0 Å². The lowest BCUT2D eigenvalue weighted by Gasteiger charge is -2.21. The minimum Gasteiger partial charge on any atom is -0.392 e. The van der Waals surface area contributed by atoms with Crippen molar-refractivity contribution < 1.29 is 9.90 Å². The highest BCUT2D eigenvalue weighted by Crippen LogP contribution is 2.17. The van der Waals surface area contributed by atoms with Gasteiger partial charge in [0.2, 0.25) is 0 Å². The third-order valence-electron chi connectivity index (χ3n) is 4.17. The van der Waals surface area contributed by atoms with Gasteiger partial charge in [0.15, 0.2) is 0 Å². The van der Waals surface area contributed by atoms with Gasteiger partial charge in [-0.25, -0.2) is 4.79 Å². The van der Waals surface area contributed by atoms with Gasteiger partial charge in [-0.3, -0.25) is 0 Å². The van der Waals surface area contributed by atoms with Gasteiger partial charge in [0.1, 0.15) is 0 Å². The third-order valence-corrected chi connectivity index (χ3v) is 4.17. The van der Waals surface area contributed by atoms with Gasteiger partial charge in [0, 0.05) is 12.6 Å². The zero-order valence-corrected chi connectivity index (χ0v) is 12.6. The molecule has 1 aliphatic rings. The average molecular weight is 290 g/mol. The van der Waals surface area contributed by atoms with Crippen molar-refractivity contribution in [3.63, 3.8) is 0 Å². The number of urea groups is 1. The van der Waals surface area contributed by atoms with Gasteiger partial charge in [0.25, 0.3) is 0 Å². The van der Waals surface area contributed by atoms with E-state index in [2.05, 4.69) is 10.6 Å². The minimum absolute atomic E-state index is 0.00208. The van der Waals surface area contributed by atoms with Crippen molar-refractivity contribution in [1.82, 2.24) is 10.6 Å².